The SMILES string of the molecule is CC(C)(C)OC(=O)N[C@H]1CCCN2C(=O)COc3nnccc3[C@H]3CC[C@H](CC3)OC[C@@H]12. The summed E-state index contributed by atoms with van der Waals surface area (Å²) in [4.78, 5) is 27.4. The molecule has 3 aliphatic heterocycles. The van der Waals surface area contributed by atoms with Gasteiger partial charge in [0.05, 0.1) is 31.0 Å². The summed E-state index contributed by atoms with van der Waals surface area (Å²) in [6.45, 7) is 6.37. The van der Waals surface area contributed by atoms with Gasteiger partial charge in [-0.25, -0.2) is 4.79 Å². The van der Waals surface area contributed by atoms with Crippen molar-refractivity contribution in [3.05, 3.63) is 17.8 Å². The van der Waals surface area contributed by atoms with Crippen LogP contribution in [0.25, 0.3) is 0 Å². The monoisotopic (exact) mass is 446 g/mol. The highest BCUT2D eigenvalue weighted by atomic mass is 16.6. The zero-order chi connectivity index (χ0) is 22.7. The molecule has 1 aliphatic carbocycles. The summed E-state index contributed by atoms with van der Waals surface area (Å²) in [5, 5.41) is 11.1. The fourth-order valence-corrected chi connectivity index (χ4v) is 4.94. The van der Waals surface area contributed by atoms with E-state index in [0.717, 1.165) is 44.1 Å². The number of rotatable bonds is 1. The van der Waals surface area contributed by atoms with Gasteiger partial charge < -0.3 is 24.4 Å². The Labute approximate surface area is 189 Å². The van der Waals surface area contributed by atoms with Crippen LogP contribution < -0.4 is 10.1 Å². The first-order valence-corrected chi connectivity index (χ1v) is 11.6. The van der Waals surface area contributed by atoms with Gasteiger partial charge >= 0.3 is 6.09 Å². The summed E-state index contributed by atoms with van der Waals surface area (Å²) in [5.74, 6) is 0.638. The van der Waals surface area contributed by atoms with E-state index in [0.29, 0.717) is 24.9 Å². The molecule has 2 bridgehead atoms. The van der Waals surface area contributed by atoms with Crippen LogP contribution >= 0.6 is 0 Å². The molecule has 0 radical (unpaired) electrons. The largest absolute Gasteiger partial charge is 0.466 e. The minimum Gasteiger partial charge on any atom is -0.466 e. The predicted molar refractivity (Wildman–Crippen MR) is 116 cm³/mol. The Balaban J connectivity index is 1.54. The first-order valence-electron chi connectivity index (χ1n) is 11.6. The number of piperidine rings is 1. The lowest BCUT2D eigenvalue weighted by Crippen LogP contribution is -2.60. The van der Waals surface area contributed by atoms with Gasteiger partial charge in [0.25, 0.3) is 5.91 Å². The molecule has 1 saturated heterocycles. The molecule has 0 unspecified atom stereocenters. The maximum Gasteiger partial charge on any atom is 0.407 e. The smallest absolute Gasteiger partial charge is 0.407 e. The number of aromatic nitrogens is 2. The first kappa shape index (κ1) is 22.8. The summed E-state index contributed by atoms with van der Waals surface area (Å²) in [6.07, 6.45) is 6.74. The van der Waals surface area contributed by atoms with Crippen LogP contribution in [0.4, 0.5) is 4.79 Å². The van der Waals surface area contributed by atoms with Crippen molar-refractivity contribution >= 4 is 12.0 Å². The van der Waals surface area contributed by atoms with E-state index in [1.54, 1.807) is 11.1 Å². The Hall–Kier alpha value is -2.42. The summed E-state index contributed by atoms with van der Waals surface area (Å²) >= 11 is 0. The lowest BCUT2D eigenvalue weighted by atomic mass is 9.83. The second kappa shape index (κ2) is 9.60. The van der Waals surface area contributed by atoms with Gasteiger partial charge in [-0.3, -0.25) is 4.79 Å². The summed E-state index contributed by atoms with van der Waals surface area (Å²) < 4.78 is 17.6. The molecule has 5 rings (SSSR count). The molecule has 1 N–H and O–H groups in total. The average Bonchev–Trinajstić information content (AvgIpc) is 2.76. The minimum atomic E-state index is -0.587. The van der Waals surface area contributed by atoms with E-state index in [1.165, 1.54) is 0 Å². The number of nitrogens with one attached hydrogen (secondary N) is 1. The molecule has 2 atom stereocenters. The van der Waals surface area contributed by atoms with Crippen molar-refractivity contribution in [1.82, 2.24) is 20.4 Å². The number of hydrogen-bond donors (Lipinski definition) is 1. The Bertz CT molecular complexity index is 819. The van der Waals surface area contributed by atoms with Crippen molar-refractivity contribution in [2.45, 2.75) is 89.0 Å². The number of nitrogens with zero attached hydrogens (tertiary/aromatic N) is 3. The highest BCUT2D eigenvalue weighted by molar-refractivity contribution is 5.78. The number of carbonyl (C=O) groups is 2. The molecule has 4 heterocycles. The van der Waals surface area contributed by atoms with E-state index in [2.05, 4.69) is 15.5 Å². The number of alkyl carbamates (subject to hydrolysis) is 1. The van der Waals surface area contributed by atoms with Gasteiger partial charge in [0.2, 0.25) is 5.88 Å². The van der Waals surface area contributed by atoms with Gasteiger partial charge in [-0.15, -0.1) is 5.10 Å². The van der Waals surface area contributed by atoms with Crippen LogP contribution in [-0.4, -0.2) is 70.6 Å². The fourth-order valence-electron chi connectivity index (χ4n) is 4.94. The van der Waals surface area contributed by atoms with E-state index in [-0.39, 0.29) is 30.7 Å². The second-order valence-corrected chi connectivity index (χ2v) is 9.94. The number of carbonyl (C=O) groups excluding carboxylic acids is 2. The van der Waals surface area contributed by atoms with Crippen LogP contribution in [0.2, 0.25) is 0 Å². The molecule has 2 amide bonds. The summed E-state index contributed by atoms with van der Waals surface area (Å²) in [5.41, 5.74) is 0.432. The third kappa shape index (κ3) is 5.49. The molecule has 176 valence electrons. The van der Waals surface area contributed by atoms with E-state index >= 15 is 0 Å². The molecule has 9 heteroatoms. The molecule has 4 aliphatic rings. The molecule has 1 aromatic rings. The summed E-state index contributed by atoms with van der Waals surface area (Å²) in [7, 11) is 0. The van der Waals surface area contributed by atoms with Gasteiger partial charge in [0.15, 0.2) is 6.61 Å². The van der Waals surface area contributed by atoms with Crippen molar-refractivity contribution in [2.75, 3.05) is 19.8 Å². The zero-order valence-corrected chi connectivity index (χ0v) is 19.2. The standard InChI is InChI=1S/C23H34N4O5/c1-23(2,3)32-22(29)25-18-5-4-12-27-19(18)13-30-16-8-6-15(7-9-16)17-10-11-24-26-21(17)31-14-20(27)28/h10-11,15-16,18-19H,4-9,12-14H2,1-3H3,(H,25,29)/t15-,16+,18-,19-/m0/s1. The third-order valence-corrected chi connectivity index (χ3v) is 6.47. The van der Waals surface area contributed by atoms with Crippen LogP contribution in [0.3, 0.4) is 0 Å². The van der Waals surface area contributed by atoms with Gasteiger partial charge in [0.1, 0.15) is 5.60 Å². The molecule has 0 spiro atoms. The van der Waals surface area contributed by atoms with Crippen molar-refractivity contribution in [2.24, 2.45) is 0 Å². The lowest BCUT2D eigenvalue weighted by molar-refractivity contribution is -0.141. The van der Waals surface area contributed by atoms with Crippen molar-refractivity contribution in [1.29, 1.82) is 0 Å². The van der Waals surface area contributed by atoms with Gasteiger partial charge in [-0.05, 0) is 71.3 Å². The van der Waals surface area contributed by atoms with Crippen LogP contribution in [0, 0.1) is 0 Å². The quantitative estimate of drug-likeness (QED) is 0.707. The lowest BCUT2D eigenvalue weighted by Gasteiger charge is -2.42. The molecular formula is C23H34N4O5. The number of ether oxygens (including phenoxy) is 3. The number of amides is 2. The Morgan fingerprint density at radius 2 is 2.00 bits per heavy atom. The van der Waals surface area contributed by atoms with Crippen LogP contribution in [0.5, 0.6) is 5.88 Å². The van der Waals surface area contributed by atoms with E-state index in [4.69, 9.17) is 14.2 Å². The Kier molecular flexibility index (Phi) is 6.83. The summed E-state index contributed by atoms with van der Waals surface area (Å²) in [6, 6.07) is 1.44. The number of fused-ring (bicyclic) bond motifs is 5. The van der Waals surface area contributed by atoms with Crippen LogP contribution in [-0.2, 0) is 14.3 Å². The molecule has 1 aromatic heterocycles. The molecule has 2 fully saturated rings. The van der Waals surface area contributed by atoms with Gasteiger partial charge in [0, 0.05) is 12.1 Å². The molecule has 32 heavy (non-hydrogen) atoms. The van der Waals surface area contributed by atoms with Crippen LogP contribution in [0.1, 0.15) is 70.8 Å². The Morgan fingerprint density at radius 3 is 2.75 bits per heavy atom. The third-order valence-electron chi connectivity index (χ3n) is 6.47. The molecule has 9 nitrogen and oxygen atoms in total. The highest BCUT2D eigenvalue weighted by Crippen LogP contribution is 2.37. The van der Waals surface area contributed by atoms with E-state index in [9.17, 15) is 9.59 Å². The predicted octanol–water partition coefficient (Wildman–Crippen LogP) is 2.80. The number of hydrogen-bond acceptors (Lipinski definition) is 7. The van der Waals surface area contributed by atoms with Gasteiger partial charge in [-0.1, -0.05) is 0 Å². The Morgan fingerprint density at radius 1 is 1.22 bits per heavy atom. The fraction of sp³-hybridized carbons (Fsp3) is 0.739. The topological polar surface area (TPSA) is 103 Å². The first-order chi connectivity index (χ1) is 15.3. The van der Waals surface area contributed by atoms with E-state index < -0.39 is 11.7 Å². The molecule has 0 aromatic carbocycles. The van der Waals surface area contributed by atoms with Crippen molar-refractivity contribution < 1.29 is 23.8 Å². The maximum absolute atomic E-state index is 13.2. The molecular weight excluding hydrogens is 412 g/mol. The normalized spacial score (nSPS) is 28.8. The second-order valence-electron chi connectivity index (χ2n) is 9.94. The van der Waals surface area contributed by atoms with E-state index in [1.807, 2.05) is 26.8 Å². The molecule has 1 saturated carbocycles. The maximum atomic E-state index is 13.2. The average molecular weight is 447 g/mol. The van der Waals surface area contributed by atoms with Crippen LogP contribution in [0.15, 0.2) is 12.3 Å². The zero-order valence-electron chi connectivity index (χ0n) is 19.2. The van der Waals surface area contributed by atoms with Gasteiger partial charge in [-0.2, -0.15) is 5.10 Å². The minimum absolute atomic E-state index is 0.114. The highest BCUT2D eigenvalue weighted by Gasteiger charge is 2.38. The van der Waals surface area contributed by atoms with Crippen molar-refractivity contribution in [3.8, 4) is 5.88 Å². The van der Waals surface area contributed by atoms with Crippen molar-refractivity contribution in [3.63, 3.8) is 0 Å².